The average molecular weight is 261 g/mol. The number of hydrogen-bond acceptors (Lipinski definition) is 4. The molecule has 98 valence electrons. The molecule has 0 amide bonds. The Labute approximate surface area is 102 Å². The lowest BCUT2D eigenvalue weighted by molar-refractivity contribution is 0.477. The molecule has 1 heterocycles. The zero-order valence-electron chi connectivity index (χ0n) is 9.83. The van der Waals surface area contributed by atoms with Gasteiger partial charge in [0, 0.05) is 12.7 Å². The van der Waals surface area contributed by atoms with Crippen molar-refractivity contribution in [3.05, 3.63) is 12.4 Å². The summed E-state index contributed by atoms with van der Waals surface area (Å²) in [4.78, 5) is 0. The van der Waals surface area contributed by atoms with Crippen molar-refractivity contribution in [2.75, 3.05) is 5.75 Å². The van der Waals surface area contributed by atoms with Crippen molar-refractivity contribution in [2.24, 2.45) is 0 Å². The van der Waals surface area contributed by atoms with E-state index in [0.717, 1.165) is 38.6 Å². The van der Waals surface area contributed by atoms with Gasteiger partial charge in [-0.3, -0.25) is 9.23 Å². The highest BCUT2D eigenvalue weighted by Crippen LogP contribution is 2.07. The normalized spacial score (nSPS) is 11.8. The molecule has 0 atom stereocenters. The highest BCUT2D eigenvalue weighted by atomic mass is 32.2. The maximum Gasteiger partial charge on any atom is 0.264 e. The van der Waals surface area contributed by atoms with Gasteiger partial charge in [0.2, 0.25) is 0 Å². The summed E-state index contributed by atoms with van der Waals surface area (Å²) in [7, 11) is -3.77. The Morgan fingerprint density at radius 2 is 1.71 bits per heavy atom. The number of aromatic nitrogens is 3. The predicted octanol–water partition coefficient (Wildman–Crippen LogP) is 1.51. The molecule has 0 saturated carbocycles. The van der Waals surface area contributed by atoms with E-state index >= 15 is 0 Å². The number of aryl methyl sites for hydroxylation is 1. The molecule has 7 heteroatoms. The van der Waals surface area contributed by atoms with Gasteiger partial charge in [0.05, 0.1) is 11.9 Å². The molecule has 0 aliphatic heterocycles. The molecule has 0 fully saturated rings. The van der Waals surface area contributed by atoms with Gasteiger partial charge < -0.3 is 0 Å². The van der Waals surface area contributed by atoms with Gasteiger partial charge in [-0.1, -0.05) is 30.9 Å². The van der Waals surface area contributed by atoms with E-state index in [0.29, 0.717) is 6.42 Å². The van der Waals surface area contributed by atoms with Crippen LogP contribution >= 0.6 is 0 Å². The Hall–Kier alpha value is -0.950. The molecule has 0 unspecified atom stereocenters. The monoisotopic (exact) mass is 261 g/mol. The maximum atomic E-state index is 10.4. The van der Waals surface area contributed by atoms with Crippen LogP contribution in [0, 0.1) is 0 Å². The van der Waals surface area contributed by atoms with E-state index in [4.69, 9.17) is 4.55 Å². The summed E-state index contributed by atoms with van der Waals surface area (Å²) in [5.74, 6) is -0.119. The molecule has 17 heavy (non-hydrogen) atoms. The zero-order valence-corrected chi connectivity index (χ0v) is 10.6. The summed E-state index contributed by atoms with van der Waals surface area (Å²) in [6, 6.07) is 0. The molecule has 0 saturated heterocycles. The van der Waals surface area contributed by atoms with Gasteiger partial charge >= 0.3 is 0 Å². The highest BCUT2D eigenvalue weighted by molar-refractivity contribution is 7.85. The summed E-state index contributed by atoms with van der Waals surface area (Å²) in [5.41, 5.74) is 0. The van der Waals surface area contributed by atoms with Crippen molar-refractivity contribution in [3.8, 4) is 0 Å². The lowest BCUT2D eigenvalue weighted by Gasteiger charge is -2.01. The third kappa shape index (κ3) is 7.87. The largest absolute Gasteiger partial charge is 0.286 e. The molecule has 1 aromatic heterocycles. The standard InChI is InChI=1S/C10H19N3O3S/c14-17(15,16)10-6-4-2-1-3-5-8-13-9-7-11-12-13/h7,9H,1-6,8,10H2,(H,14,15,16). The second-order valence-corrected chi connectivity index (χ2v) is 5.65. The summed E-state index contributed by atoms with van der Waals surface area (Å²) < 4.78 is 31.2. The summed E-state index contributed by atoms with van der Waals surface area (Å²) in [5, 5.41) is 7.58. The van der Waals surface area contributed by atoms with Gasteiger partial charge in [-0.25, -0.2) is 0 Å². The molecule has 1 rings (SSSR count). The third-order valence-corrected chi connectivity index (χ3v) is 3.32. The van der Waals surface area contributed by atoms with Gasteiger partial charge in [0.1, 0.15) is 0 Å². The molecule has 0 aromatic carbocycles. The SMILES string of the molecule is O=S(=O)(O)CCCCCCCCn1ccnn1. The lowest BCUT2D eigenvalue weighted by atomic mass is 10.1. The molecule has 0 bridgehead atoms. The van der Waals surface area contributed by atoms with Crippen LogP contribution in [0.1, 0.15) is 38.5 Å². The lowest BCUT2D eigenvalue weighted by Crippen LogP contribution is -2.03. The number of unbranched alkanes of at least 4 members (excludes halogenated alkanes) is 5. The second-order valence-electron chi connectivity index (χ2n) is 4.07. The van der Waals surface area contributed by atoms with Crippen molar-refractivity contribution in [2.45, 2.75) is 45.1 Å². The van der Waals surface area contributed by atoms with Gasteiger partial charge in [0.25, 0.3) is 10.1 Å². The van der Waals surface area contributed by atoms with Gasteiger partial charge in [0.15, 0.2) is 0 Å². The first-order valence-corrected chi connectivity index (χ1v) is 7.48. The van der Waals surface area contributed by atoms with E-state index in [1.807, 2.05) is 6.20 Å². The number of rotatable bonds is 9. The molecule has 0 radical (unpaired) electrons. The Morgan fingerprint density at radius 3 is 2.29 bits per heavy atom. The molecular weight excluding hydrogens is 242 g/mol. The first kappa shape index (κ1) is 14.1. The van der Waals surface area contributed by atoms with Crippen LogP contribution in [0.15, 0.2) is 12.4 Å². The molecule has 6 nitrogen and oxygen atoms in total. The van der Waals surface area contributed by atoms with Crippen LogP contribution < -0.4 is 0 Å². The fraction of sp³-hybridized carbons (Fsp3) is 0.800. The van der Waals surface area contributed by atoms with Crippen LogP contribution in [0.2, 0.25) is 0 Å². The van der Waals surface area contributed by atoms with Crippen LogP contribution in [0.5, 0.6) is 0 Å². The van der Waals surface area contributed by atoms with Gasteiger partial charge in [-0.15, -0.1) is 5.10 Å². The maximum absolute atomic E-state index is 10.4. The van der Waals surface area contributed by atoms with E-state index < -0.39 is 10.1 Å². The van der Waals surface area contributed by atoms with E-state index in [9.17, 15) is 8.42 Å². The van der Waals surface area contributed by atoms with Crippen LogP contribution in [-0.4, -0.2) is 33.7 Å². The first-order valence-electron chi connectivity index (χ1n) is 5.87. The smallest absolute Gasteiger partial charge is 0.264 e. The van der Waals surface area contributed by atoms with Crippen molar-refractivity contribution in [1.82, 2.24) is 15.0 Å². The van der Waals surface area contributed by atoms with Crippen molar-refractivity contribution in [1.29, 1.82) is 0 Å². The Balaban J connectivity index is 1.88. The Morgan fingerprint density at radius 1 is 1.06 bits per heavy atom. The van der Waals surface area contributed by atoms with E-state index in [1.165, 1.54) is 0 Å². The predicted molar refractivity (Wildman–Crippen MR) is 64.1 cm³/mol. The second kappa shape index (κ2) is 7.39. The van der Waals surface area contributed by atoms with Crippen LogP contribution in [-0.2, 0) is 16.7 Å². The van der Waals surface area contributed by atoms with E-state index in [-0.39, 0.29) is 5.75 Å². The topological polar surface area (TPSA) is 85.1 Å². The van der Waals surface area contributed by atoms with Crippen molar-refractivity contribution in [3.63, 3.8) is 0 Å². The molecule has 1 aromatic rings. The van der Waals surface area contributed by atoms with Gasteiger partial charge in [-0.05, 0) is 12.8 Å². The van der Waals surface area contributed by atoms with Crippen LogP contribution in [0.3, 0.4) is 0 Å². The van der Waals surface area contributed by atoms with E-state index in [2.05, 4.69) is 10.3 Å². The Kier molecular flexibility index (Phi) is 6.13. The zero-order chi connectivity index (χ0) is 12.6. The molecule has 0 spiro atoms. The van der Waals surface area contributed by atoms with Gasteiger partial charge in [-0.2, -0.15) is 8.42 Å². The molecule has 0 aliphatic rings. The minimum Gasteiger partial charge on any atom is -0.286 e. The fourth-order valence-electron chi connectivity index (χ4n) is 1.62. The molecule has 0 aliphatic carbocycles. The number of hydrogen-bond donors (Lipinski definition) is 1. The average Bonchev–Trinajstić information content (AvgIpc) is 2.73. The van der Waals surface area contributed by atoms with Crippen molar-refractivity contribution >= 4 is 10.1 Å². The molecule has 1 N–H and O–H groups in total. The molecular formula is C10H19N3O3S. The number of nitrogens with zero attached hydrogens (tertiary/aromatic N) is 3. The van der Waals surface area contributed by atoms with Crippen molar-refractivity contribution < 1.29 is 13.0 Å². The summed E-state index contributed by atoms with van der Waals surface area (Å²) in [6.07, 6.45) is 9.15. The Bertz CT molecular complexity index is 389. The summed E-state index contributed by atoms with van der Waals surface area (Å²) >= 11 is 0. The summed E-state index contributed by atoms with van der Waals surface area (Å²) in [6.45, 7) is 0.880. The van der Waals surface area contributed by atoms with Crippen LogP contribution in [0.25, 0.3) is 0 Å². The third-order valence-electron chi connectivity index (χ3n) is 2.51. The first-order chi connectivity index (χ1) is 8.08. The minimum absolute atomic E-state index is 0.119. The fourth-order valence-corrected chi connectivity index (χ4v) is 2.19. The highest BCUT2D eigenvalue weighted by Gasteiger charge is 2.02. The minimum atomic E-state index is -3.77. The van der Waals surface area contributed by atoms with Crippen LogP contribution in [0.4, 0.5) is 0 Å². The van der Waals surface area contributed by atoms with E-state index in [1.54, 1.807) is 10.9 Å². The quantitative estimate of drug-likeness (QED) is 0.538.